The SMILES string of the molecule is O=c1c(O)c(-c2ccc(O)c(O)c2)[nH]c2c(O)c(O)ccc12. The van der Waals surface area contributed by atoms with Crippen LogP contribution in [-0.2, 0) is 0 Å². The number of rotatable bonds is 1. The van der Waals surface area contributed by atoms with E-state index in [4.69, 9.17) is 0 Å². The molecular weight excluding hydrogens is 290 g/mol. The largest absolute Gasteiger partial charge is 0.504 e. The van der Waals surface area contributed by atoms with Crippen LogP contribution < -0.4 is 5.43 Å². The fraction of sp³-hybridized carbons (Fsp3) is 0. The Balaban J connectivity index is 2.39. The number of pyridine rings is 1. The van der Waals surface area contributed by atoms with Gasteiger partial charge in [-0.1, -0.05) is 0 Å². The quantitative estimate of drug-likeness (QED) is 0.379. The van der Waals surface area contributed by atoms with E-state index in [1.807, 2.05) is 0 Å². The second kappa shape index (κ2) is 4.59. The van der Waals surface area contributed by atoms with Crippen LogP contribution in [0.1, 0.15) is 0 Å². The molecule has 7 heteroatoms. The molecule has 0 aliphatic rings. The van der Waals surface area contributed by atoms with Crippen LogP contribution in [0.25, 0.3) is 22.2 Å². The molecule has 112 valence electrons. The van der Waals surface area contributed by atoms with Crippen molar-refractivity contribution in [1.82, 2.24) is 4.98 Å². The topological polar surface area (TPSA) is 134 Å². The summed E-state index contributed by atoms with van der Waals surface area (Å²) in [5, 5.41) is 48.2. The van der Waals surface area contributed by atoms with Gasteiger partial charge in [0, 0.05) is 5.56 Å². The van der Waals surface area contributed by atoms with Crippen molar-refractivity contribution in [2.45, 2.75) is 0 Å². The number of aromatic hydroxyl groups is 5. The van der Waals surface area contributed by atoms with Crippen LogP contribution >= 0.6 is 0 Å². The maximum Gasteiger partial charge on any atom is 0.231 e. The molecule has 3 aromatic rings. The summed E-state index contributed by atoms with van der Waals surface area (Å²) in [5.41, 5.74) is -0.639. The first-order chi connectivity index (χ1) is 10.4. The highest BCUT2D eigenvalue weighted by atomic mass is 16.3. The lowest BCUT2D eigenvalue weighted by Gasteiger charge is -2.10. The lowest BCUT2D eigenvalue weighted by molar-refractivity contribution is 0.404. The van der Waals surface area contributed by atoms with Crippen LogP contribution in [0.15, 0.2) is 35.1 Å². The third-order valence-corrected chi connectivity index (χ3v) is 3.37. The van der Waals surface area contributed by atoms with Gasteiger partial charge >= 0.3 is 0 Å². The van der Waals surface area contributed by atoms with Crippen LogP contribution in [0.4, 0.5) is 0 Å². The first kappa shape index (κ1) is 13.6. The fourth-order valence-corrected chi connectivity index (χ4v) is 2.21. The van der Waals surface area contributed by atoms with Gasteiger partial charge in [-0.15, -0.1) is 0 Å². The van der Waals surface area contributed by atoms with Gasteiger partial charge in [-0.25, -0.2) is 0 Å². The summed E-state index contributed by atoms with van der Waals surface area (Å²) < 4.78 is 0. The highest BCUT2D eigenvalue weighted by Crippen LogP contribution is 2.36. The van der Waals surface area contributed by atoms with Crippen molar-refractivity contribution in [3.63, 3.8) is 0 Å². The van der Waals surface area contributed by atoms with Crippen molar-refractivity contribution < 1.29 is 25.5 Å². The number of fused-ring (bicyclic) bond motifs is 1. The van der Waals surface area contributed by atoms with Crippen LogP contribution in [0.5, 0.6) is 28.7 Å². The number of aromatic nitrogens is 1. The van der Waals surface area contributed by atoms with Gasteiger partial charge in [-0.2, -0.15) is 0 Å². The van der Waals surface area contributed by atoms with Crippen molar-refractivity contribution in [2.24, 2.45) is 0 Å². The Bertz CT molecular complexity index is 960. The molecule has 0 unspecified atom stereocenters. The Morgan fingerprint density at radius 2 is 1.45 bits per heavy atom. The average Bonchev–Trinajstić information content (AvgIpc) is 2.49. The number of benzene rings is 2. The first-order valence-corrected chi connectivity index (χ1v) is 6.22. The summed E-state index contributed by atoms with van der Waals surface area (Å²) in [6, 6.07) is 6.10. The Labute approximate surface area is 123 Å². The summed E-state index contributed by atoms with van der Waals surface area (Å²) in [6.07, 6.45) is 0. The van der Waals surface area contributed by atoms with E-state index in [9.17, 15) is 30.3 Å². The molecule has 0 bridgehead atoms. The van der Waals surface area contributed by atoms with Crippen molar-refractivity contribution in [2.75, 3.05) is 0 Å². The zero-order valence-corrected chi connectivity index (χ0v) is 11.0. The van der Waals surface area contributed by atoms with Gasteiger partial charge in [-0.05, 0) is 30.3 Å². The molecule has 7 nitrogen and oxygen atoms in total. The van der Waals surface area contributed by atoms with E-state index in [0.29, 0.717) is 0 Å². The van der Waals surface area contributed by atoms with Gasteiger partial charge in [0.2, 0.25) is 5.43 Å². The maximum absolute atomic E-state index is 12.2. The van der Waals surface area contributed by atoms with E-state index < -0.39 is 28.4 Å². The van der Waals surface area contributed by atoms with Gasteiger partial charge in [0.15, 0.2) is 28.7 Å². The van der Waals surface area contributed by atoms with E-state index in [-0.39, 0.29) is 27.9 Å². The first-order valence-electron chi connectivity index (χ1n) is 6.22. The number of aromatic amines is 1. The minimum Gasteiger partial charge on any atom is -0.504 e. The van der Waals surface area contributed by atoms with Gasteiger partial charge < -0.3 is 30.5 Å². The third kappa shape index (κ3) is 1.87. The van der Waals surface area contributed by atoms with E-state index in [2.05, 4.69) is 4.98 Å². The summed E-state index contributed by atoms with van der Waals surface area (Å²) in [5.74, 6) is -2.35. The molecule has 3 rings (SSSR count). The Hall–Kier alpha value is -3.35. The van der Waals surface area contributed by atoms with Gasteiger partial charge in [-0.3, -0.25) is 4.79 Å². The molecule has 6 N–H and O–H groups in total. The molecule has 0 fully saturated rings. The highest BCUT2D eigenvalue weighted by Gasteiger charge is 2.17. The van der Waals surface area contributed by atoms with Gasteiger partial charge in [0.05, 0.1) is 16.6 Å². The monoisotopic (exact) mass is 301 g/mol. The lowest BCUT2D eigenvalue weighted by atomic mass is 10.1. The molecule has 1 heterocycles. The van der Waals surface area contributed by atoms with Crippen molar-refractivity contribution in [3.05, 3.63) is 40.6 Å². The zero-order valence-electron chi connectivity index (χ0n) is 11.0. The molecule has 0 spiro atoms. The summed E-state index contributed by atoms with van der Waals surface area (Å²) in [4.78, 5) is 14.8. The molecule has 0 aliphatic carbocycles. The van der Waals surface area contributed by atoms with E-state index in [1.165, 1.54) is 18.2 Å². The van der Waals surface area contributed by atoms with Crippen molar-refractivity contribution >= 4 is 10.9 Å². The number of hydrogen-bond donors (Lipinski definition) is 6. The van der Waals surface area contributed by atoms with E-state index >= 15 is 0 Å². The Morgan fingerprint density at radius 1 is 0.773 bits per heavy atom. The predicted molar refractivity (Wildman–Crippen MR) is 78.3 cm³/mol. The minimum atomic E-state index is -0.744. The Morgan fingerprint density at radius 3 is 2.14 bits per heavy atom. The standard InChI is InChI=1S/C15H11NO6/c17-8-3-1-6(5-10(8)19)11-15(22)13(20)7-2-4-9(18)14(21)12(7)16-11/h1-5,17-19,21-22H,(H,16,20). The fourth-order valence-electron chi connectivity index (χ4n) is 2.21. The number of hydrogen-bond acceptors (Lipinski definition) is 6. The molecule has 0 radical (unpaired) electrons. The molecule has 1 aromatic heterocycles. The second-order valence-electron chi connectivity index (χ2n) is 4.74. The van der Waals surface area contributed by atoms with Crippen molar-refractivity contribution in [3.8, 4) is 40.0 Å². The van der Waals surface area contributed by atoms with Gasteiger partial charge in [0.25, 0.3) is 0 Å². The van der Waals surface area contributed by atoms with E-state index in [1.54, 1.807) is 0 Å². The molecule has 22 heavy (non-hydrogen) atoms. The maximum atomic E-state index is 12.2. The molecule has 0 amide bonds. The minimum absolute atomic E-state index is 0.000416. The number of nitrogens with one attached hydrogen (secondary N) is 1. The lowest BCUT2D eigenvalue weighted by Crippen LogP contribution is -2.05. The molecule has 0 aliphatic heterocycles. The number of phenolic OH excluding ortho intramolecular Hbond substituents is 4. The summed E-state index contributed by atoms with van der Waals surface area (Å²) in [6.45, 7) is 0. The normalized spacial score (nSPS) is 10.9. The predicted octanol–water partition coefficient (Wildman–Crippen LogP) is 1.72. The van der Waals surface area contributed by atoms with Crippen LogP contribution in [0.2, 0.25) is 0 Å². The van der Waals surface area contributed by atoms with Crippen LogP contribution in [0.3, 0.4) is 0 Å². The molecule has 0 atom stereocenters. The van der Waals surface area contributed by atoms with Crippen LogP contribution in [0, 0.1) is 0 Å². The average molecular weight is 301 g/mol. The summed E-state index contributed by atoms with van der Waals surface area (Å²) >= 11 is 0. The number of phenols is 4. The molecule has 0 saturated heterocycles. The van der Waals surface area contributed by atoms with Crippen LogP contribution in [-0.4, -0.2) is 30.5 Å². The van der Waals surface area contributed by atoms with Crippen molar-refractivity contribution in [1.29, 1.82) is 0 Å². The van der Waals surface area contributed by atoms with Gasteiger partial charge in [0.1, 0.15) is 0 Å². The second-order valence-corrected chi connectivity index (χ2v) is 4.74. The molecule has 0 saturated carbocycles. The highest BCUT2D eigenvalue weighted by molar-refractivity contribution is 5.90. The number of H-pyrrole nitrogens is 1. The Kier molecular flexibility index (Phi) is 2.84. The summed E-state index contributed by atoms with van der Waals surface area (Å²) in [7, 11) is 0. The van der Waals surface area contributed by atoms with E-state index in [0.717, 1.165) is 12.1 Å². The smallest absolute Gasteiger partial charge is 0.231 e. The zero-order chi connectivity index (χ0) is 16.0. The molecular formula is C15H11NO6. The third-order valence-electron chi connectivity index (χ3n) is 3.37. The molecule has 2 aromatic carbocycles.